The molecule has 1 aromatic rings. The number of carbonyl (C=O) groups is 1. The van der Waals surface area contributed by atoms with Crippen molar-refractivity contribution in [3.05, 3.63) is 22.4 Å². The maximum atomic E-state index is 11.9. The molecule has 1 rings (SSSR count). The van der Waals surface area contributed by atoms with E-state index in [0.717, 1.165) is 11.3 Å². The molecule has 2 nitrogen and oxygen atoms in total. The highest BCUT2D eigenvalue weighted by Crippen LogP contribution is 2.26. The quantitative estimate of drug-likeness (QED) is 0.810. The Balaban J connectivity index is 2.47. The summed E-state index contributed by atoms with van der Waals surface area (Å²) in [6, 6.07) is 3.80. The van der Waals surface area contributed by atoms with Crippen LogP contribution in [0.2, 0.25) is 0 Å². The third-order valence-electron chi connectivity index (χ3n) is 2.50. The molecule has 0 aromatic carbocycles. The zero-order chi connectivity index (χ0) is 13.1. The highest BCUT2D eigenvalue weighted by atomic mass is 32.1. The lowest BCUT2D eigenvalue weighted by atomic mass is 9.82. The minimum Gasteiger partial charge on any atom is -0.305 e. The van der Waals surface area contributed by atoms with Gasteiger partial charge in [-0.1, -0.05) is 26.8 Å². The second-order valence-corrected chi connectivity index (χ2v) is 7.32. The minimum absolute atomic E-state index is 0.00876. The molecule has 0 spiro atoms. The molecule has 0 radical (unpaired) electrons. The van der Waals surface area contributed by atoms with Crippen LogP contribution >= 0.6 is 11.3 Å². The van der Waals surface area contributed by atoms with E-state index in [1.807, 2.05) is 17.5 Å². The Bertz CT molecular complexity index is 360. The first-order valence-corrected chi connectivity index (χ1v) is 6.89. The van der Waals surface area contributed by atoms with Crippen molar-refractivity contribution in [2.24, 2.45) is 5.41 Å². The Labute approximate surface area is 108 Å². The zero-order valence-corrected chi connectivity index (χ0v) is 12.3. The molecule has 0 amide bonds. The van der Waals surface area contributed by atoms with Crippen molar-refractivity contribution in [1.29, 1.82) is 0 Å². The van der Waals surface area contributed by atoms with Gasteiger partial charge in [0.15, 0.2) is 5.78 Å². The summed E-state index contributed by atoms with van der Waals surface area (Å²) >= 11 is 1.51. The number of rotatable bonds is 5. The van der Waals surface area contributed by atoms with E-state index < -0.39 is 0 Å². The van der Waals surface area contributed by atoms with Gasteiger partial charge >= 0.3 is 0 Å². The van der Waals surface area contributed by atoms with Crippen LogP contribution in [0, 0.1) is 5.41 Å². The van der Waals surface area contributed by atoms with Gasteiger partial charge in [-0.25, -0.2) is 0 Å². The average molecular weight is 253 g/mol. The van der Waals surface area contributed by atoms with Gasteiger partial charge in [0.1, 0.15) is 0 Å². The fraction of sp³-hybridized carbons (Fsp3) is 0.643. The molecule has 0 aliphatic heterocycles. The van der Waals surface area contributed by atoms with E-state index >= 15 is 0 Å². The van der Waals surface area contributed by atoms with Gasteiger partial charge in [-0.15, -0.1) is 11.3 Å². The molecule has 0 bridgehead atoms. The fourth-order valence-corrected chi connectivity index (χ4v) is 2.90. The van der Waals surface area contributed by atoms with Gasteiger partial charge in [0.25, 0.3) is 0 Å². The largest absolute Gasteiger partial charge is 0.305 e. The number of thiophene rings is 1. The third kappa shape index (κ3) is 5.46. The molecular weight excluding hydrogens is 230 g/mol. The van der Waals surface area contributed by atoms with Crippen molar-refractivity contribution in [3.8, 4) is 0 Å². The maximum absolute atomic E-state index is 11.9. The Kier molecular flexibility index (Phi) is 4.50. The molecule has 96 valence electrons. The summed E-state index contributed by atoms with van der Waals surface area (Å²) in [5.41, 5.74) is 0.258. The van der Waals surface area contributed by atoms with Gasteiger partial charge in [-0.3, -0.25) is 4.79 Å². The van der Waals surface area contributed by atoms with Crippen LogP contribution in [0.15, 0.2) is 17.5 Å². The molecule has 17 heavy (non-hydrogen) atoms. The van der Waals surface area contributed by atoms with Crippen LogP contribution in [0.4, 0.5) is 0 Å². The van der Waals surface area contributed by atoms with Gasteiger partial charge in [-0.2, -0.15) is 0 Å². The van der Waals surface area contributed by atoms with Crippen LogP contribution in [0.25, 0.3) is 0 Å². The van der Waals surface area contributed by atoms with Crippen LogP contribution in [0.1, 0.15) is 50.7 Å². The van der Waals surface area contributed by atoms with Crippen molar-refractivity contribution >= 4 is 17.1 Å². The Morgan fingerprint density at radius 2 is 1.94 bits per heavy atom. The molecule has 0 saturated carbocycles. The summed E-state index contributed by atoms with van der Waals surface area (Å²) in [5, 5.41) is 5.30. The Hall–Kier alpha value is -0.670. The van der Waals surface area contributed by atoms with E-state index in [9.17, 15) is 4.79 Å². The summed E-state index contributed by atoms with van der Waals surface area (Å²) < 4.78 is 0. The van der Waals surface area contributed by atoms with Gasteiger partial charge in [-0.05, 0) is 37.1 Å². The standard InChI is InChI=1S/C14H23NOS/c1-13(2,3)10-14(4,5)15-9-11(16)12-7-6-8-17-12/h6-8,15H,9-10H2,1-5H3. The summed E-state index contributed by atoms with van der Waals surface area (Å²) in [6.45, 7) is 11.4. The van der Waals surface area contributed by atoms with E-state index in [0.29, 0.717) is 6.54 Å². The van der Waals surface area contributed by atoms with Gasteiger partial charge < -0.3 is 5.32 Å². The molecule has 0 unspecified atom stereocenters. The lowest BCUT2D eigenvalue weighted by Gasteiger charge is -2.33. The summed E-state index contributed by atoms with van der Waals surface area (Å²) in [5.74, 6) is 0.182. The molecule has 1 heterocycles. The summed E-state index contributed by atoms with van der Waals surface area (Å²) in [4.78, 5) is 12.7. The van der Waals surface area contributed by atoms with Crippen LogP contribution in [-0.2, 0) is 0 Å². The summed E-state index contributed by atoms with van der Waals surface area (Å²) in [6.07, 6.45) is 1.04. The molecule has 1 aromatic heterocycles. The first-order valence-electron chi connectivity index (χ1n) is 6.01. The van der Waals surface area contributed by atoms with E-state index in [4.69, 9.17) is 0 Å². The second kappa shape index (κ2) is 5.32. The Morgan fingerprint density at radius 3 is 2.41 bits per heavy atom. The second-order valence-electron chi connectivity index (χ2n) is 6.38. The monoisotopic (exact) mass is 253 g/mol. The number of hydrogen-bond donors (Lipinski definition) is 1. The van der Waals surface area contributed by atoms with E-state index in [-0.39, 0.29) is 16.7 Å². The molecular formula is C14H23NOS. The molecule has 0 aliphatic carbocycles. The number of Topliss-reactive ketones (excluding diaryl/α,β-unsaturated/α-hetero) is 1. The van der Waals surface area contributed by atoms with E-state index in [1.54, 1.807) is 0 Å². The highest BCUT2D eigenvalue weighted by molar-refractivity contribution is 7.12. The summed E-state index contributed by atoms with van der Waals surface area (Å²) in [7, 11) is 0. The highest BCUT2D eigenvalue weighted by Gasteiger charge is 2.25. The van der Waals surface area contributed by atoms with Crippen LogP contribution in [-0.4, -0.2) is 17.9 Å². The third-order valence-corrected chi connectivity index (χ3v) is 3.41. The van der Waals surface area contributed by atoms with Crippen molar-refractivity contribution in [3.63, 3.8) is 0 Å². The molecule has 0 atom stereocenters. The number of hydrogen-bond acceptors (Lipinski definition) is 3. The van der Waals surface area contributed by atoms with Crippen molar-refractivity contribution in [2.75, 3.05) is 6.54 Å². The van der Waals surface area contributed by atoms with Gasteiger partial charge in [0, 0.05) is 5.54 Å². The Morgan fingerprint density at radius 1 is 1.29 bits per heavy atom. The van der Waals surface area contributed by atoms with Crippen molar-refractivity contribution in [2.45, 2.75) is 46.6 Å². The predicted molar refractivity (Wildman–Crippen MR) is 74.8 cm³/mol. The number of nitrogens with one attached hydrogen (secondary N) is 1. The molecule has 0 saturated heterocycles. The number of ketones is 1. The first-order chi connectivity index (χ1) is 7.70. The van der Waals surface area contributed by atoms with E-state index in [2.05, 4.69) is 39.9 Å². The van der Waals surface area contributed by atoms with Crippen LogP contribution in [0.5, 0.6) is 0 Å². The van der Waals surface area contributed by atoms with E-state index in [1.165, 1.54) is 11.3 Å². The molecule has 1 N–H and O–H groups in total. The van der Waals surface area contributed by atoms with Gasteiger partial charge in [0.05, 0.1) is 11.4 Å². The lowest BCUT2D eigenvalue weighted by Crippen LogP contribution is -2.44. The van der Waals surface area contributed by atoms with Crippen molar-refractivity contribution in [1.82, 2.24) is 5.32 Å². The van der Waals surface area contributed by atoms with Gasteiger partial charge in [0.2, 0.25) is 0 Å². The molecule has 0 aliphatic rings. The van der Waals surface area contributed by atoms with Crippen LogP contribution < -0.4 is 5.32 Å². The van der Waals surface area contributed by atoms with Crippen molar-refractivity contribution < 1.29 is 4.79 Å². The minimum atomic E-state index is -0.00876. The fourth-order valence-electron chi connectivity index (χ4n) is 2.23. The molecule has 3 heteroatoms. The smallest absolute Gasteiger partial charge is 0.186 e. The zero-order valence-electron chi connectivity index (χ0n) is 11.5. The molecule has 0 fully saturated rings. The normalized spacial score (nSPS) is 12.8. The predicted octanol–water partition coefficient (Wildman–Crippen LogP) is 3.74. The number of carbonyl (C=O) groups excluding carboxylic acids is 1. The first kappa shape index (κ1) is 14.4. The maximum Gasteiger partial charge on any atom is 0.186 e. The SMILES string of the molecule is CC(C)(C)CC(C)(C)NCC(=O)c1cccs1. The topological polar surface area (TPSA) is 29.1 Å². The average Bonchev–Trinajstić information content (AvgIpc) is 2.63. The van der Waals surface area contributed by atoms with Crippen LogP contribution in [0.3, 0.4) is 0 Å². The lowest BCUT2D eigenvalue weighted by molar-refractivity contribution is 0.0977.